The lowest BCUT2D eigenvalue weighted by molar-refractivity contribution is 0.0114. The summed E-state index contributed by atoms with van der Waals surface area (Å²) in [6.07, 6.45) is 3.13. The molecule has 0 aliphatic rings. The van der Waals surface area contributed by atoms with E-state index in [1.807, 2.05) is 19.9 Å². The third-order valence-corrected chi connectivity index (χ3v) is 2.89. The zero-order valence-corrected chi connectivity index (χ0v) is 12.2. The van der Waals surface area contributed by atoms with Gasteiger partial charge in [0.05, 0.1) is 0 Å². The van der Waals surface area contributed by atoms with E-state index >= 15 is 0 Å². The molecule has 1 aromatic rings. The number of aryl methyl sites for hydroxylation is 1. The molecule has 4 heteroatoms. The summed E-state index contributed by atoms with van der Waals surface area (Å²) in [5.41, 5.74) is 0.623. The molecule has 1 rings (SSSR count). The van der Waals surface area contributed by atoms with Gasteiger partial charge in [0.15, 0.2) is 5.82 Å². The first-order valence-electron chi connectivity index (χ1n) is 6.71. The fraction of sp³-hybridized carbons (Fsp3) is 0.714. The molecule has 0 amide bonds. The van der Waals surface area contributed by atoms with Gasteiger partial charge in [-0.25, -0.2) is 9.97 Å². The number of aromatic nitrogens is 2. The van der Waals surface area contributed by atoms with E-state index in [1.165, 1.54) is 0 Å². The van der Waals surface area contributed by atoms with E-state index in [9.17, 15) is 0 Å². The van der Waals surface area contributed by atoms with Crippen molar-refractivity contribution in [1.82, 2.24) is 9.97 Å². The summed E-state index contributed by atoms with van der Waals surface area (Å²) >= 11 is 0. The van der Waals surface area contributed by atoms with Gasteiger partial charge in [0.2, 0.25) is 0 Å². The molecule has 0 saturated carbocycles. The van der Waals surface area contributed by atoms with Crippen LogP contribution < -0.4 is 5.32 Å². The molecule has 1 aromatic heterocycles. The molecule has 1 N–H and O–H groups in total. The molecule has 0 saturated heterocycles. The Labute approximate surface area is 110 Å². The van der Waals surface area contributed by atoms with Crippen LogP contribution in [-0.2, 0) is 16.8 Å². The Morgan fingerprint density at radius 3 is 2.50 bits per heavy atom. The van der Waals surface area contributed by atoms with E-state index in [1.54, 1.807) is 7.11 Å². The highest BCUT2D eigenvalue weighted by Gasteiger charge is 2.24. The predicted octanol–water partition coefficient (Wildman–Crippen LogP) is 3.13. The summed E-state index contributed by atoms with van der Waals surface area (Å²) in [4.78, 5) is 9.15. The molecule has 0 unspecified atom stereocenters. The van der Waals surface area contributed by atoms with E-state index in [0.717, 1.165) is 43.1 Å². The van der Waals surface area contributed by atoms with E-state index in [-0.39, 0.29) is 0 Å². The summed E-state index contributed by atoms with van der Waals surface area (Å²) in [7, 11) is 1.69. The molecule has 0 radical (unpaired) electrons. The number of nitrogens with one attached hydrogen (secondary N) is 1. The van der Waals surface area contributed by atoms with Gasteiger partial charge >= 0.3 is 0 Å². The lowest BCUT2D eigenvalue weighted by Crippen LogP contribution is -2.24. The maximum atomic E-state index is 5.46. The first kappa shape index (κ1) is 14.9. The van der Waals surface area contributed by atoms with Crippen molar-refractivity contribution in [3.63, 3.8) is 0 Å². The van der Waals surface area contributed by atoms with Crippen molar-refractivity contribution in [2.75, 3.05) is 19.0 Å². The molecule has 0 spiro atoms. The van der Waals surface area contributed by atoms with E-state index in [0.29, 0.717) is 0 Å². The van der Waals surface area contributed by atoms with Gasteiger partial charge in [-0.1, -0.05) is 20.3 Å². The zero-order valence-electron chi connectivity index (χ0n) is 12.2. The fourth-order valence-corrected chi connectivity index (χ4v) is 1.59. The molecule has 4 nitrogen and oxygen atoms in total. The number of anilines is 1. The number of rotatable bonds is 7. The number of methoxy groups -OCH3 is 1. The zero-order chi connectivity index (χ0) is 13.6. The second-order valence-electron chi connectivity index (χ2n) is 4.96. The highest BCUT2D eigenvalue weighted by molar-refractivity contribution is 5.36. The topological polar surface area (TPSA) is 47.0 Å². The van der Waals surface area contributed by atoms with Crippen LogP contribution in [0.15, 0.2) is 6.07 Å². The van der Waals surface area contributed by atoms with E-state index in [4.69, 9.17) is 4.74 Å². The molecule has 0 aliphatic carbocycles. The Balaban J connectivity index is 3.05. The van der Waals surface area contributed by atoms with Gasteiger partial charge < -0.3 is 10.1 Å². The number of hydrogen-bond donors (Lipinski definition) is 1. The number of hydrogen-bond acceptors (Lipinski definition) is 4. The summed E-state index contributed by atoms with van der Waals surface area (Å²) < 4.78 is 5.46. The SMILES string of the molecule is CCCNc1cc(CCC)nc(C(C)(C)OC)n1. The van der Waals surface area contributed by atoms with Gasteiger partial charge in [-0.2, -0.15) is 0 Å². The second-order valence-corrected chi connectivity index (χ2v) is 4.96. The van der Waals surface area contributed by atoms with Crippen LogP contribution in [0, 0.1) is 0 Å². The fourth-order valence-electron chi connectivity index (χ4n) is 1.59. The van der Waals surface area contributed by atoms with Crippen LogP contribution in [0.4, 0.5) is 5.82 Å². The Kier molecular flexibility index (Phi) is 5.54. The standard InChI is InChI=1S/C14H25N3O/c1-6-8-11-10-12(15-9-7-2)17-13(16-11)14(3,4)18-5/h10H,6-9H2,1-5H3,(H,15,16,17). The minimum atomic E-state index is -0.452. The van der Waals surface area contributed by atoms with Gasteiger partial charge in [-0.05, 0) is 26.7 Å². The lowest BCUT2D eigenvalue weighted by atomic mass is 10.1. The van der Waals surface area contributed by atoms with Crippen molar-refractivity contribution in [3.8, 4) is 0 Å². The first-order chi connectivity index (χ1) is 8.53. The molecule has 0 aliphatic heterocycles. The van der Waals surface area contributed by atoms with E-state index in [2.05, 4.69) is 29.1 Å². The highest BCUT2D eigenvalue weighted by atomic mass is 16.5. The monoisotopic (exact) mass is 251 g/mol. The predicted molar refractivity (Wildman–Crippen MR) is 74.8 cm³/mol. The summed E-state index contributed by atoms with van der Waals surface area (Å²) in [5.74, 6) is 1.64. The summed E-state index contributed by atoms with van der Waals surface area (Å²) in [5, 5.41) is 3.32. The van der Waals surface area contributed by atoms with Gasteiger partial charge in [0, 0.05) is 25.4 Å². The highest BCUT2D eigenvalue weighted by Crippen LogP contribution is 2.22. The molecule has 1 heterocycles. The van der Waals surface area contributed by atoms with Gasteiger partial charge in [0.1, 0.15) is 11.4 Å². The van der Waals surface area contributed by atoms with Crippen LogP contribution in [0.25, 0.3) is 0 Å². The Bertz CT molecular complexity index is 377. The molecular formula is C14H25N3O. The molecule has 0 atom stereocenters. The molecule has 18 heavy (non-hydrogen) atoms. The number of ether oxygens (including phenoxy) is 1. The maximum Gasteiger partial charge on any atom is 0.162 e. The smallest absolute Gasteiger partial charge is 0.162 e. The van der Waals surface area contributed by atoms with Crippen LogP contribution in [0.3, 0.4) is 0 Å². The summed E-state index contributed by atoms with van der Waals surface area (Å²) in [6.45, 7) is 9.20. The van der Waals surface area contributed by atoms with Crippen LogP contribution in [0.2, 0.25) is 0 Å². The molecular weight excluding hydrogens is 226 g/mol. The largest absolute Gasteiger partial charge is 0.371 e. The third kappa shape index (κ3) is 3.95. The Hall–Kier alpha value is -1.16. The molecule has 102 valence electrons. The van der Waals surface area contributed by atoms with Crippen LogP contribution in [-0.4, -0.2) is 23.6 Å². The van der Waals surface area contributed by atoms with Crippen molar-refractivity contribution < 1.29 is 4.74 Å². The molecule has 0 bridgehead atoms. The minimum Gasteiger partial charge on any atom is -0.371 e. The van der Waals surface area contributed by atoms with Crippen molar-refractivity contribution in [3.05, 3.63) is 17.6 Å². The summed E-state index contributed by atoms with van der Waals surface area (Å²) in [6, 6.07) is 2.04. The average molecular weight is 251 g/mol. The van der Waals surface area contributed by atoms with Gasteiger partial charge in [-0.3, -0.25) is 0 Å². The maximum absolute atomic E-state index is 5.46. The minimum absolute atomic E-state index is 0.452. The lowest BCUT2D eigenvalue weighted by Gasteiger charge is -2.22. The van der Waals surface area contributed by atoms with Gasteiger partial charge in [0.25, 0.3) is 0 Å². The second kappa shape index (κ2) is 6.69. The van der Waals surface area contributed by atoms with Crippen molar-refractivity contribution in [2.24, 2.45) is 0 Å². The van der Waals surface area contributed by atoms with Crippen molar-refractivity contribution in [2.45, 2.75) is 52.6 Å². The Morgan fingerprint density at radius 1 is 1.22 bits per heavy atom. The van der Waals surface area contributed by atoms with Crippen molar-refractivity contribution in [1.29, 1.82) is 0 Å². The average Bonchev–Trinajstić information content (AvgIpc) is 2.36. The third-order valence-electron chi connectivity index (χ3n) is 2.89. The van der Waals surface area contributed by atoms with Crippen LogP contribution >= 0.6 is 0 Å². The quantitative estimate of drug-likeness (QED) is 0.808. The normalized spacial score (nSPS) is 11.6. The van der Waals surface area contributed by atoms with E-state index < -0.39 is 5.60 Å². The van der Waals surface area contributed by atoms with Crippen LogP contribution in [0.5, 0.6) is 0 Å². The first-order valence-corrected chi connectivity index (χ1v) is 6.71. The molecule has 0 fully saturated rings. The van der Waals surface area contributed by atoms with Crippen LogP contribution in [0.1, 0.15) is 52.1 Å². The van der Waals surface area contributed by atoms with Gasteiger partial charge in [-0.15, -0.1) is 0 Å². The Morgan fingerprint density at radius 2 is 1.94 bits per heavy atom. The van der Waals surface area contributed by atoms with Crippen molar-refractivity contribution >= 4 is 5.82 Å². The number of nitrogens with zero attached hydrogens (tertiary/aromatic N) is 2. The molecule has 0 aromatic carbocycles.